The van der Waals surface area contributed by atoms with Crippen LogP contribution >= 0.6 is 35.0 Å². The molecule has 1 fully saturated rings. The number of amides is 1. The van der Waals surface area contributed by atoms with Gasteiger partial charge >= 0.3 is 0 Å². The molecule has 0 radical (unpaired) electrons. The Morgan fingerprint density at radius 3 is 2.52 bits per heavy atom. The molecular formula is C21H21Cl2NO2S. The lowest BCUT2D eigenvalue weighted by Gasteiger charge is -2.25. The van der Waals surface area contributed by atoms with Crippen molar-refractivity contribution in [3.8, 4) is 5.75 Å². The summed E-state index contributed by atoms with van der Waals surface area (Å²) in [5.74, 6) is 0.806. The number of carbonyl (C=O) groups excluding carboxylic acids is 1. The van der Waals surface area contributed by atoms with Gasteiger partial charge in [-0.25, -0.2) is 0 Å². The quantitative estimate of drug-likeness (QED) is 0.539. The van der Waals surface area contributed by atoms with Crippen LogP contribution in [0, 0.1) is 0 Å². The summed E-state index contributed by atoms with van der Waals surface area (Å²) in [5.41, 5.74) is 0.733. The maximum Gasteiger partial charge on any atom is 0.246 e. The summed E-state index contributed by atoms with van der Waals surface area (Å²) in [5, 5.41) is 0.916. The molecule has 0 atom stereocenters. The number of ether oxygens (including phenoxy) is 1. The van der Waals surface area contributed by atoms with E-state index in [2.05, 4.69) is 0 Å². The summed E-state index contributed by atoms with van der Waals surface area (Å²) in [6.45, 7) is 1.65. The first kappa shape index (κ1) is 20.1. The van der Waals surface area contributed by atoms with Crippen LogP contribution in [0.5, 0.6) is 5.75 Å². The van der Waals surface area contributed by atoms with E-state index in [4.69, 9.17) is 27.9 Å². The standard InChI is InChI=1S/C21H21Cl2NO2S/c1-26-16-7-3-4-8-17(16)27-18-11-9-15(20(22)21(18)23)10-12-19(25)24-13-5-2-6-14-24/h3-4,7-12H,2,5-6,13-14H2,1H3. The highest BCUT2D eigenvalue weighted by Gasteiger charge is 2.15. The van der Waals surface area contributed by atoms with Crippen molar-refractivity contribution in [2.75, 3.05) is 20.2 Å². The van der Waals surface area contributed by atoms with Crippen LogP contribution in [-0.2, 0) is 4.79 Å². The molecule has 142 valence electrons. The van der Waals surface area contributed by atoms with E-state index in [1.807, 2.05) is 41.3 Å². The lowest BCUT2D eigenvalue weighted by molar-refractivity contribution is -0.126. The molecular weight excluding hydrogens is 401 g/mol. The summed E-state index contributed by atoms with van der Waals surface area (Å²) in [6.07, 6.45) is 6.65. The van der Waals surface area contributed by atoms with Crippen molar-refractivity contribution >= 4 is 46.9 Å². The number of methoxy groups -OCH3 is 1. The van der Waals surface area contributed by atoms with Crippen LogP contribution in [0.3, 0.4) is 0 Å². The molecule has 2 aromatic carbocycles. The average molecular weight is 422 g/mol. The summed E-state index contributed by atoms with van der Waals surface area (Å²) >= 11 is 14.4. The molecule has 1 amide bonds. The molecule has 3 rings (SSSR count). The van der Waals surface area contributed by atoms with E-state index in [9.17, 15) is 4.79 Å². The molecule has 0 unspecified atom stereocenters. The van der Waals surface area contributed by atoms with Crippen LogP contribution in [-0.4, -0.2) is 31.0 Å². The van der Waals surface area contributed by atoms with Crippen molar-refractivity contribution in [2.45, 2.75) is 29.1 Å². The predicted octanol–water partition coefficient (Wildman–Crippen LogP) is 6.18. The van der Waals surface area contributed by atoms with Gasteiger partial charge in [0.05, 0.1) is 22.1 Å². The van der Waals surface area contributed by atoms with Gasteiger partial charge in [0.2, 0.25) is 5.91 Å². The van der Waals surface area contributed by atoms with Crippen molar-refractivity contribution in [1.29, 1.82) is 0 Å². The zero-order chi connectivity index (χ0) is 19.2. The second-order valence-electron chi connectivity index (χ2n) is 6.25. The number of carbonyl (C=O) groups is 1. The van der Waals surface area contributed by atoms with E-state index in [0.717, 1.165) is 47.0 Å². The highest BCUT2D eigenvalue weighted by molar-refractivity contribution is 7.99. The van der Waals surface area contributed by atoms with Gasteiger partial charge in [0.15, 0.2) is 0 Å². The Bertz CT molecular complexity index is 848. The van der Waals surface area contributed by atoms with Gasteiger partial charge in [0.1, 0.15) is 5.75 Å². The van der Waals surface area contributed by atoms with Crippen LogP contribution in [0.2, 0.25) is 10.0 Å². The molecule has 0 aromatic heterocycles. The molecule has 27 heavy (non-hydrogen) atoms. The number of hydrogen-bond donors (Lipinski definition) is 0. The van der Waals surface area contributed by atoms with Gasteiger partial charge in [0, 0.05) is 24.1 Å². The molecule has 3 nitrogen and oxygen atoms in total. The minimum Gasteiger partial charge on any atom is -0.496 e. The van der Waals surface area contributed by atoms with E-state index >= 15 is 0 Å². The van der Waals surface area contributed by atoms with Gasteiger partial charge in [-0.2, -0.15) is 0 Å². The van der Waals surface area contributed by atoms with Crippen molar-refractivity contribution in [3.05, 3.63) is 58.1 Å². The monoisotopic (exact) mass is 421 g/mol. The zero-order valence-electron chi connectivity index (χ0n) is 15.1. The summed E-state index contributed by atoms with van der Waals surface area (Å²) < 4.78 is 5.38. The molecule has 0 saturated carbocycles. The first-order chi connectivity index (χ1) is 13.1. The minimum absolute atomic E-state index is 0.0226. The maximum absolute atomic E-state index is 12.3. The fraction of sp³-hybridized carbons (Fsp3) is 0.286. The fourth-order valence-corrected chi connectivity index (χ4v) is 4.49. The minimum atomic E-state index is 0.0226. The zero-order valence-corrected chi connectivity index (χ0v) is 17.4. The average Bonchev–Trinajstić information content (AvgIpc) is 2.71. The molecule has 2 aromatic rings. The van der Waals surface area contributed by atoms with E-state index < -0.39 is 0 Å². The number of likely N-dealkylation sites (tertiary alicyclic amines) is 1. The normalized spacial score (nSPS) is 14.6. The Kier molecular flexibility index (Phi) is 7.11. The van der Waals surface area contributed by atoms with Gasteiger partial charge in [0.25, 0.3) is 0 Å². The van der Waals surface area contributed by atoms with Gasteiger partial charge in [-0.05, 0) is 49.1 Å². The summed E-state index contributed by atoms with van der Waals surface area (Å²) in [4.78, 5) is 16.0. The SMILES string of the molecule is COc1ccccc1Sc1ccc(C=CC(=O)N2CCCCC2)c(Cl)c1Cl. The van der Waals surface area contributed by atoms with Gasteiger partial charge in [-0.3, -0.25) is 4.79 Å². The summed E-state index contributed by atoms with van der Waals surface area (Å²) in [6, 6.07) is 11.5. The van der Waals surface area contributed by atoms with E-state index in [1.54, 1.807) is 19.3 Å². The van der Waals surface area contributed by atoms with Crippen LogP contribution in [0.1, 0.15) is 24.8 Å². The Hall–Kier alpha value is -1.62. The Morgan fingerprint density at radius 2 is 1.78 bits per heavy atom. The van der Waals surface area contributed by atoms with E-state index in [1.165, 1.54) is 18.2 Å². The smallest absolute Gasteiger partial charge is 0.246 e. The Morgan fingerprint density at radius 1 is 1.04 bits per heavy atom. The van der Waals surface area contributed by atoms with E-state index in [-0.39, 0.29) is 5.91 Å². The molecule has 0 bridgehead atoms. The third kappa shape index (κ3) is 5.01. The van der Waals surface area contributed by atoms with Gasteiger partial charge in [-0.15, -0.1) is 0 Å². The van der Waals surface area contributed by atoms with Crippen molar-refractivity contribution in [3.63, 3.8) is 0 Å². The number of benzene rings is 2. The number of rotatable bonds is 5. The molecule has 0 N–H and O–H groups in total. The molecule has 1 saturated heterocycles. The summed E-state index contributed by atoms with van der Waals surface area (Å²) in [7, 11) is 1.64. The molecule has 0 spiro atoms. The third-order valence-electron chi connectivity index (χ3n) is 4.44. The van der Waals surface area contributed by atoms with Crippen LogP contribution in [0.4, 0.5) is 0 Å². The largest absolute Gasteiger partial charge is 0.496 e. The van der Waals surface area contributed by atoms with Crippen molar-refractivity contribution in [2.24, 2.45) is 0 Å². The number of piperidine rings is 1. The second kappa shape index (κ2) is 9.54. The molecule has 1 heterocycles. The van der Waals surface area contributed by atoms with Crippen LogP contribution in [0.15, 0.2) is 52.3 Å². The first-order valence-corrected chi connectivity index (χ1v) is 10.4. The Balaban J connectivity index is 1.76. The highest BCUT2D eigenvalue weighted by atomic mass is 35.5. The van der Waals surface area contributed by atoms with Crippen LogP contribution in [0.25, 0.3) is 6.08 Å². The maximum atomic E-state index is 12.3. The lowest BCUT2D eigenvalue weighted by Crippen LogP contribution is -2.34. The first-order valence-electron chi connectivity index (χ1n) is 8.86. The number of hydrogen-bond acceptors (Lipinski definition) is 3. The fourth-order valence-electron chi connectivity index (χ4n) is 2.96. The predicted molar refractivity (Wildman–Crippen MR) is 113 cm³/mol. The number of halogens is 2. The molecule has 0 aliphatic carbocycles. The number of nitrogens with zero attached hydrogens (tertiary/aromatic N) is 1. The van der Waals surface area contributed by atoms with E-state index in [0.29, 0.717) is 10.0 Å². The van der Waals surface area contributed by atoms with Gasteiger partial charge in [-0.1, -0.05) is 53.2 Å². The molecule has 1 aliphatic heterocycles. The number of para-hydroxylation sites is 1. The molecule has 6 heteroatoms. The van der Waals surface area contributed by atoms with Gasteiger partial charge < -0.3 is 9.64 Å². The molecule has 1 aliphatic rings. The topological polar surface area (TPSA) is 29.5 Å². The highest BCUT2D eigenvalue weighted by Crippen LogP contribution is 2.42. The Labute approximate surface area is 174 Å². The van der Waals surface area contributed by atoms with Crippen LogP contribution < -0.4 is 4.74 Å². The second-order valence-corrected chi connectivity index (χ2v) is 8.09. The lowest BCUT2D eigenvalue weighted by atomic mass is 10.1. The third-order valence-corrected chi connectivity index (χ3v) is 6.56. The van der Waals surface area contributed by atoms with Crippen molar-refractivity contribution < 1.29 is 9.53 Å². The van der Waals surface area contributed by atoms with Crippen molar-refractivity contribution in [1.82, 2.24) is 4.90 Å².